The van der Waals surface area contributed by atoms with Gasteiger partial charge >= 0.3 is 0 Å². The van der Waals surface area contributed by atoms with Crippen LogP contribution in [0.2, 0.25) is 0 Å². The van der Waals surface area contributed by atoms with Crippen LogP contribution in [0.1, 0.15) is 42.4 Å². The van der Waals surface area contributed by atoms with Crippen LogP contribution in [0.5, 0.6) is 11.5 Å². The van der Waals surface area contributed by atoms with Crippen molar-refractivity contribution in [3.63, 3.8) is 0 Å². The smallest absolute Gasteiger partial charge is 0.119 e. The summed E-state index contributed by atoms with van der Waals surface area (Å²) in [5.74, 6) is 1.18. The highest BCUT2D eigenvalue weighted by Crippen LogP contribution is 2.32. The monoisotopic (exact) mass is 534 g/mol. The molecule has 35 heavy (non-hydrogen) atoms. The van der Waals surface area contributed by atoms with Gasteiger partial charge < -0.3 is 9.84 Å². The van der Waals surface area contributed by atoms with Crippen molar-refractivity contribution in [3.05, 3.63) is 81.8 Å². The molecule has 0 amide bonds. The first-order valence-corrected chi connectivity index (χ1v) is 13.7. The number of hydrogen-bond acceptors (Lipinski definition) is 4. The summed E-state index contributed by atoms with van der Waals surface area (Å²) < 4.78 is 7.16. The highest BCUT2D eigenvalue weighted by molar-refractivity contribution is 9.10. The summed E-state index contributed by atoms with van der Waals surface area (Å²) in [5, 5.41) is 10.2. The topological polar surface area (TPSA) is 35.9 Å². The van der Waals surface area contributed by atoms with Crippen LogP contribution in [-0.4, -0.2) is 54.2 Å². The minimum absolute atomic E-state index is 0.289. The standard InChI is InChI=1S/C30H35BrN2O2/c31-30-20-23(5-6-26(30)22-33-15-3-4-16-33)19-25-7-10-27(34)21-29(25)24-8-11-28(12-9-24)35-18-17-32-13-1-2-14-32/h5-12,20-21,34H,1-4,13-19,22H2. The fourth-order valence-corrected chi connectivity index (χ4v) is 5.80. The molecule has 0 radical (unpaired) electrons. The van der Waals surface area contributed by atoms with Gasteiger partial charge in [-0.05, 0) is 116 Å². The van der Waals surface area contributed by atoms with Gasteiger partial charge in [0, 0.05) is 17.6 Å². The molecule has 2 fully saturated rings. The predicted molar refractivity (Wildman–Crippen MR) is 146 cm³/mol. The number of halogens is 1. The number of aromatic hydroxyl groups is 1. The number of hydrogen-bond donors (Lipinski definition) is 1. The number of benzene rings is 3. The van der Waals surface area contributed by atoms with E-state index in [0.717, 1.165) is 43.0 Å². The molecule has 1 N–H and O–H groups in total. The van der Waals surface area contributed by atoms with Crippen molar-refractivity contribution in [3.8, 4) is 22.6 Å². The van der Waals surface area contributed by atoms with Gasteiger partial charge in [-0.1, -0.05) is 46.3 Å². The Morgan fingerprint density at radius 3 is 2.17 bits per heavy atom. The third kappa shape index (κ3) is 6.46. The molecule has 2 heterocycles. The molecule has 3 aromatic carbocycles. The Labute approximate surface area is 217 Å². The van der Waals surface area contributed by atoms with Gasteiger partial charge in [-0.25, -0.2) is 0 Å². The summed E-state index contributed by atoms with van der Waals surface area (Å²) in [6, 6.07) is 20.7. The second-order valence-electron chi connectivity index (χ2n) is 9.85. The normalized spacial score (nSPS) is 16.7. The fraction of sp³-hybridized carbons (Fsp3) is 0.400. The lowest BCUT2D eigenvalue weighted by atomic mass is 9.94. The van der Waals surface area contributed by atoms with Gasteiger partial charge in [0.15, 0.2) is 0 Å². The lowest BCUT2D eigenvalue weighted by Gasteiger charge is -2.17. The summed E-state index contributed by atoms with van der Waals surface area (Å²) in [7, 11) is 0. The van der Waals surface area contributed by atoms with Crippen LogP contribution in [0, 0.1) is 0 Å². The van der Waals surface area contributed by atoms with E-state index in [2.05, 4.69) is 56.1 Å². The summed E-state index contributed by atoms with van der Waals surface area (Å²) >= 11 is 3.81. The number of ether oxygens (including phenoxy) is 1. The van der Waals surface area contributed by atoms with Crippen LogP contribution >= 0.6 is 15.9 Å². The molecular formula is C30H35BrN2O2. The molecule has 2 saturated heterocycles. The number of nitrogens with zero attached hydrogens (tertiary/aromatic N) is 2. The van der Waals surface area contributed by atoms with Gasteiger partial charge in [-0.15, -0.1) is 0 Å². The molecule has 5 heteroatoms. The zero-order valence-electron chi connectivity index (χ0n) is 20.4. The van der Waals surface area contributed by atoms with Crippen molar-refractivity contribution < 1.29 is 9.84 Å². The van der Waals surface area contributed by atoms with E-state index < -0.39 is 0 Å². The molecule has 5 rings (SSSR count). The molecule has 3 aromatic rings. The van der Waals surface area contributed by atoms with Crippen molar-refractivity contribution >= 4 is 15.9 Å². The van der Waals surface area contributed by atoms with E-state index in [1.54, 1.807) is 6.07 Å². The Morgan fingerprint density at radius 1 is 0.771 bits per heavy atom. The second kappa shape index (κ2) is 11.6. The maximum Gasteiger partial charge on any atom is 0.119 e. The van der Waals surface area contributed by atoms with Crippen LogP contribution in [0.25, 0.3) is 11.1 Å². The van der Waals surface area contributed by atoms with E-state index in [-0.39, 0.29) is 5.75 Å². The molecule has 2 aliphatic rings. The predicted octanol–water partition coefficient (Wildman–Crippen LogP) is 6.48. The molecule has 4 nitrogen and oxygen atoms in total. The zero-order chi connectivity index (χ0) is 24.0. The van der Waals surface area contributed by atoms with Crippen LogP contribution in [0.15, 0.2) is 65.1 Å². The Bertz CT molecular complexity index is 1120. The molecule has 0 unspecified atom stereocenters. The van der Waals surface area contributed by atoms with Crippen molar-refractivity contribution in [2.24, 2.45) is 0 Å². The SMILES string of the molecule is Oc1ccc(Cc2ccc(CN3CCCC3)c(Br)c2)c(-c2ccc(OCCN3CCCC3)cc2)c1. The number of phenolic OH excluding ortho intramolecular Hbond substituents is 1. The van der Waals surface area contributed by atoms with Crippen molar-refractivity contribution in [2.45, 2.75) is 38.6 Å². The van der Waals surface area contributed by atoms with Crippen LogP contribution < -0.4 is 4.74 Å². The molecule has 2 aliphatic heterocycles. The quantitative estimate of drug-likeness (QED) is 0.340. The van der Waals surface area contributed by atoms with Gasteiger partial charge in [-0.2, -0.15) is 0 Å². The summed E-state index contributed by atoms with van der Waals surface area (Å²) in [5.41, 5.74) is 5.96. The molecule has 0 spiro atoms. The molecule has 0 saturated carbocycles. The van der Waals surface area contributed by atoms with E-state index in [9.17, 15) is 5.11 Å². The van der Waals surface area contributed by atoms with Crippen molar-refractivity contribution in [2.75, 3.05) is 39.3 Å². The maximum atomic E-state index is 10.2. The number of likely N-dealkylation sites (tertiary alicyclic amines) is 2. The molecular weight excluding hydrogens is 500 g/mol. The van der Waals surface area contributed by atoms with Gasteiger partial charge in [0.2, 0.25) is 0 Å². The second-order valence-corrected chi connectivity index (χ2v) is 10.7. The average molecular weight is 536 g/mol. The van der Waals surface area contributed by atoms with Crippen LogP contribution in [0.3, 0.4) is 0 Å². The van der Waals surface area contributed by atoms with Gasteiger partial charge in [0.25, 0.3) is 0 Å². The molecule has 0 bridgehead atoms. The lowest BCUT2D eigenvalue weighted by Crippen LogP contribution is -2.25. The Balaban J connectivity index is 1.27. The summed E-state index contributed by atoms with van der Waals surface area (Å²) in [6.07, 6.45) is 6.05. The minimum atomic E-state index is 0.289. The van der Waals surface area contributed by atoms with E-state index in [1.165, 1.54) is 73.0 Å². The van der Waals surface area contributed by atoms with Gasteiger partial charge in [-0.3, -0.25) is 9.80 Å². The fourth-order valence-electron chi connectivity index (χ4n) is 5.25. The first kappa shape index (κ1) is 24.4. The first-order chi connectivity index (χ1) is 17.1. The number of rotatable bonds is 9. The van der Waals surface area contributed by atoms with E-state index >= 15 is 0 Å². The van der Waals surface area contributed by atoms with E-state index in [1.807, 2.05) is 24.3 Å². The zero-order valence-corrected chi connectivity index (χ0v) is 22.0. The third-order valence-corrected chi connectivity index (χ3v) is 7.98. The van der Waals surface area contributed by atoms with Gasteiger partial charge in [0.1, 0.15) is 18.1 Å². The highest BCUT2D eigenvalue weighted by atomic mass is 79.9. The highest BCUT2D eigenvalue weighted by Gasteiger charge is 2.15. The summed E-state index contributed by atoms with van der Waals surface area (Å²) in [6.45, 7) is 7.52. The van der Waals surface area contributed by atoms with Crippen LogP contribution in [-0.2, 0) is 13.0 Å². The number of phenols is 1. The minimum Gasteiger partial charge on any atom is -0.508 e. The maximum absolute atomic E-state index is 10.2. The van der Waals surface area contributed by atoms with Crippen LogP contribution in [0.4, 0.5) is 0 Å². The lowest BCUT2D eigenvalue weighted by molar-refractivity contribution is 0.238. The average Bonchev–Trinajstić information content (AvgIpc) is 3.57. The van der Waals surface area contributed by atoms with E-state index in [0.29, 0.717) is 0 Å². The Morgan fingerprint density at radius 2 is 1.46 bits per heavy atom. The Hall–Kier alpha value is -2.34. The molecule has 0 aliphatic carbocycles. The van der Waals surface area contributed by atoms with Gasteiger partial charge in [0.05, 0.1) is 0 Å². The molecule has 0 aromatic heterocycles. The Kier molecular flexibility index (Phi) is 8.07. The third-order valence-electron chi connectivity index (χ3n) is 7.24. The largest absolute Gasteiger partial charge is 0.508 e. The van der Waals surface area contributed by atoms with Crippen molar-refractivity contribution in [1.29, 1.82) is 0 Å². The first-order valence-electron chi connectivity index (χ1n) is 12.9. The summed E-state index contributed by atoms with van der Waals surface area (Å²) in [4.78, 5) is 4.99. The molecule has 184 valence electrons. The van der Waals surface area contributed by atoms with Crippen molar-refractivity contribution in [1.82, 2.24) is 9.80 Å². The van der Waals surface area contributed by atoms with E-state index in [4.69, 9.17) is 4.74 Å². The molecule has 0 atom stereocenters.